The van der Waals surface area contributed by atoms with E-state index in [4.69, 9.17) is 0 Å². The SMILES string of the molecule is CC(=O)C=Cc1ccc2c(c1)C(C)CC(C)(C)N2Cc1ccccc1. The highest BCUT2D eigenvalue weighted by molar-refractivity contribution is 5.91. The van der Waals surface area contributed by atoms with Gasteiger partial charge in [-0.1, -0.05) is 49.4 Å². The van der Waals surface area contributed by atoms with Crippen LogP contribution in [0.5, 0.6) is 0 Å². The van der Waals surface area contributed by atoms with E-state index in [-0.39, 0.29) is 11.3 Å². The van der Waals surface area contributed by atoms with Crippen molar-refractivity contribution in [3.05, 3.63) is 71.3 Å². The number of nitrogens with zero attached hydrogens (tertiary/aromatic N) is 1. The van der Waals surface area contributed by atoms with E-state index >= 15 is 0 Å². The van der Waals surface area contributed by atoms with Gasteiger partial charge in [0.25, 0.3) is 0 Å². The molecule has 2 aromatic rings. The molecular formula is C23H27NO. The third kappa shape index (κ3) is 3.84. The summed E-state index contributed by atoms with van der Waals surface area (Å²) in [4.78, 5) is 13.7. The van der Waals surface area contributed by atoms with Crippen LogP contribution in [-0.4, -0.2) is 11.3 Å². The van der Waals surface area contributed by atoms with Gasteiger partial charge in [-0.3, -0.25) is 4.79 Å². The Bertz CT molecular complexity index is 789. The molecule has 0 radical (unpaired) electrons. The fraction of sp³-hybridized carbons (Fsp3) is 0.348. The highest BCUT2D eigenvalue weighted by Gasteiger charge is 2.36. The number of benzene rings is 2. The molecule has 1 heterocycles. The van der Waals surface area contributed by atoms with E-state index in [1.165, 1.54) is 16.8 Å². The molecule has 130 valence electrons. The monoisotopic (exact) mass is 333 g/mol. The number of rotatable bonds is 4. The Balaban J connectivity index is 1.99. The predicted molar refractivity (Wildman–Crippen MR) is 106 cm³/mol. The van der Waals surface area contributed by atoms with Crippen LogP contribution in [0.15, 0.2) is 54.6 Å². The quantitative estimate of drug-likeness (QED) is 0.681. The molecule has 0 bridgehead atoms. The molecule has 1 aliphatic rings. The largest absolute Gasteiger partial charge is 0.362 e. The maximum absolute atomic E-state index is 11.2. The molecule has 2 heteroatoms. The molecule has 0 N–H and O–H groups in total. The van der Waals surface area contributed by atoms with Gasteiger partial charge in [0, 0.05) is 17.8 Å². The topological polar surface area (TPSA) is 20.3 Å². The lowest BCUT2D eigenvalue weighted by Crippen LogP contribution is -2.47. The van der Waals surface area contributed by atoms with Crippen molar-refractivity contribution in [1.29, 1.82) is 0 Å². The normalized spacial score (nSPS) is 19.0. The maximum atomic E-state index is 11.2. The lowest BCUT2D eigenvalue weighted by Gasteiger charge is -2.47. The van der Waals surface area contributed by atoms with Crippen LogP contribution in [0.2, 0.25) is 0 Å². The summed E-state index contributed by atoms with van der Waals surface area (Å²) >= 11 is 0. The number of hydrogen-bond acceptors (Lipinski definition) is 2. The lowest BCUT2D eigenvalue weighted by atomic mass is 9.79. The van der Waals surface area contributed by atoms with Crippen LogP contribution in [0, 0.1) is 0 Å². The molecule has 0 aromatic heterocycles. The third-order valence-electron chi connectivity index (χ3n) is 5.10. The zero-order chi connectivity index (χ0) is 18.0. The summed E-state index contributed by atoms with van der Waals surface area (Å²) in [6.07, 6.45) is 4.67. The molecule has 3 rings (SSSR count). The maximum Gasteiger partial charge on any atom is 0.152 e. The molecular weight excluding hydrogens is 306 g/mol. The van der Waals surface area contributed by atoms with Gasteiger partial charge in [0.2, 0.25) is 0 Å². The van der Waals surface area contributed by atoms with Crippen molar-refractivity contribution in [1.82, 2.24) is 0 Å². The molecule has 1 aliphatic heterocycles. The zero-order valence-corrected chi connectivity index (χ0v) is 15.6. The first kappa shape index (κ1) is 17.5. The fourth-order valence-electron chi connectivity index (χ4n) is 3.89. The Morgan fingerprint density at radius 1 is 1.20 bits per heavy atom. The second-order valence-corrected chi connectivity index (χ2v) is 7.75. The molecule has 0 saturated carbocycles. The summed E-state index contributed by atoms with van der Waals surface area (Å²) in [5.41, 5.74) is 5.23. The molecule has 1 unspecified atom stereocenters. The van der Waals surface area contributed by atoms with Gasteiger partial charge < -0.3 is 4.90 Å². The van der Waals surface area contributed by atoms with Gasteiger partial charge in [-0.05, 0) is 68.0 Å². The first-order chi connectivity index (χ1) is 11.9. The van der Waals surface area contributed by atoms with Crippen molar-refractivity contribution in [2.75, 3.05) is 4.90 Å². The Labute approximate surface area is 151 Å². The second-order valence-electron chi connectivity index (χ2n) is 7.75. The summed E-state index contributed by atoms with van der Waals surface area (Å²) in [5, 5.41) is 0. The van der Waals surface area contributed by atoms with E-state index in [2.05, 4.69) is 74.2 Å². The van der Waals surface area contributed by atoms with Gasteiger partial charge in [0.15, 0.2) is 5.78 Å². The highest BCUT2D eigenvalue weighted by atomic mass is 16.1. The predicted octanol–water partition coefficient (Wildman–Crippen LogP) is 5.58. The summed E-state index contributed by atoms with van der Waals surface area (Å²) < 4.78 is 0. The van der Waals surface area contributed by atoms with Gasteiger partial charge >= 0.3 is 0 Å². The zero-order valence-electron chi connectivity index (χ0n) is 15.6. The number of carbonyl (C=O) groups excluding carboxylic acids is 1. The minimum absolute atomic E-state index is 0.0811. The summed E-state index contributed by atoms with van der Waals surface area (Å²) in [7, 11) is 0. The molecule has 2 aromatic carbocycles. The van der Waals surface area contributed by atoms with Crippen molar-refractivity contribution < 1.29 is 4.79 Å². The van der Waals surface area contributed by atoms with Crippen LogP contribution < -0.4 is 4.90 Å². The number of ketones is 1. The van der Waals surface area contributed by atoms with E-state index in [1.807, 2.05) is 6.08 Å². The lowest BCUT2D eigenvalue weighted by molar-refractivity contribution is -0.112. The van der Waals surface area contributed by atoms with Gasteiger partial charge in [0.05, 0.1) is 0 Å². The van der Waals surface area contributed by atoms with E-state index in [9.17, 15) is 4.79 Å². The molecule has 0 amide bonds. The summed E-state index contributed by atoms with van der Waals surface area (Å²) in [6, 6.07) is 17.2. The Kier molecular flexibility index (Phi) is 4.80. The van der Waals surface area contributed by atoms with E-state index in [0.717, 1.165) is 18.5 Å². The minimum atomic E-state index is 0.0811. The Hall–Kier alpha value is -2.35. The van der Waals surface area contributed by atoms with Crippen LogP contribution in [0.1, 0.15) is 56.7 Å². The van der Waals surface area contributed by atoms with Gasteiger partial charge in [-0.15, -0.1) is 0 Å². The van der Waals surface area contributed by atoms with Crippen molar-refractivity contribution in [2.45, 2.75) is 52.1 Å². The van der Waals surface area contributed by atoms with Crippen molar-refractivity contribution in [2.24, 2.45) is 0 Å². The molecule has 0 saturated heterocycles. The first-order valence-electron chi connectivity index (χ1n) is 9.01. The Morgan fingerprint density at radius 3 is 2.60 bits per heavy atom. The van der Waals surface area contributed by atoms with Crippen LogP contribution in [-0.2, 0) is 11.3 Å². The minimum Gasteiger partial charge on any atom is -0.362 e. The number of hydrogen-bond donors (Lipinski definition) is 0. The van der Waals surface area contributed by atoms with Crippen molar-refractivity contribution in [3.8, 4) is 0 Å². The van der Waals surface area contributed by atoms with E-state index < -0.39 is 0 Å². The van der Waals surface area contributed by atoms with E-state index in [1.54, 1.807) is 13.0 Å². The number of allylic oxidation sites excluding steroid dienone is 1. The third-order valence-corrected chi connectivity index (χ3v) is 5.10. The first-order valence-corrected chi connectivity index (χ1v) is 9.01. The highest BCUT2D eigenvalue weighted by Crippen LogP contribution is 2.44. The number of carbonyl (C=O) groups is 1. The van der Waals surface area contributed by atoms with Crippen molar-refractivity contribution >= 4 is 17.5 Å². The smallest absolute Gasteiger partial charge is 0.152 e. The molecule has 1 atom stereocenters. The van der Waals surface area contributed by atoms with Crippen LogP contribution in [0.3, 0.4) is 0 Å². The number of anilines is 1. The van der Waals surface area contributed by atoms with Gasteiger partial charge in [-0.25, -0.2) is 0 Å². The van der Waals surface area contributed by atoms with Gasteiger partial charge in [-0.2, -0.15) is 0 Å². The summed E-state index contributed by atoms with van der Waals surface area (Å²) in [6.45, 7) is 9.47. The average molecular weight is 333 g/mol. The summed E-state index contributed by atoms with van der Waals surface area (Å²) in [5.74, 6) is 0.584. The average Bonchev–Trinajstić information content (AvgIpc) is 2.57. The number of fused-ring (bicyclic) bond motifs is 1. The van der Waals surface area contributed by atoms with Gasteiger partial charge in [0.1, 0.15) is 0 Å². The fourth-order valence-corrected chi connectivity index (χ4v) is 3.89. The molecule has 25 heavy (non-hydrogen) atoms. The molecule has 0 aliphatic carbocycles. The Morgan fingerprint density at radius 2 is 1.92 bits per heavy atom. The molecule has 2 nitrogen and oxygen atoms in total. The van der Waals surface area contributed by atoms with Crippen molar-refractivity contribution in [3.63, 3.8) is 0 Å². The molecule has 0 spiro atoms. The standard InChI is InChI=1S/C23H27NO/c1-17-15-23(3,4)24(16-20-8-6-5-7-9-20)22-13-12-19(14-21(17)22)11-10-18(2)25/h5-14,17H,15-16H2,1-4H3. The van der Waals surface area contributed by atoms with Crippen LogP contribution in [0.25, 0.3) is 6.08 Å². The molecule has 0 fully saturated rings. The van der Waals surface area contributed by atoms with Crippen LogP contribution in [0.4, 0.5) is 5.69 Å². The second kappa shape index (κ2) is 6.87. The van der Waals surface area contributed by atoms with E-state index in [0.29, 0.717) is 5.92 Å². The van der Waals surface area contributed by atoms with Crippen LogP contribution >= 0.6 is 0 Å².